The van der Waals surface area contributed by atoms with Crippen LogP contribution in [0.1, 0.15) is 0 Å². The van der Waals surface area contributed by atoms with Gasteiger partial charge in [-0.3, -0.25) is 9.11 Å². The van der Waals surface area contributed by atoms with Crippen LogP contribution >= 0.6 is 0 Å². The van der Waals surface area contributed by atoms with E-state index in [0.717, 1.165) is 0 Å². The fourth-order valence-electron chi connectivity index (χ4n) is 2.02. The molecule has 0 spiro atoms. The number of hydrogen-bond acceptors (Lipinski definition) is 2. The number of hydrogen-bond donors (Lipinski definition) is 2. The molecular weight excluding hydrogens is 302 g/mol. The van der Waals surface area contributed by atoms with Gasteiger partial charge >= 0.3 is 10.4 Å². The standard InChI is InChI=1S/C14H8F2.H2O4S/c15-13-9-5-1-2-6-10(9)14(16)12-8-4-3-7-11(12)13;1-5(2,3)4/h1-8H;(H2,1,2,3,4). The Morgan fingerprint density at radius 3 is 1.05 bits per heavy atom. The fraction of sp³-hybridized carbons (Fsp3) is 0. The summed E-state index contributed by atoms with van der Waals surface area (Å²) in [5.74, 6) is -0.708. The quantitative estimate of drug-likeness (QED) is 0.491. The molecule has 3 aromatic carbocycles. The topological polar surface area (TPSA) is 74.6 Å². The molecule has 3 rings (SSSR count). The predicted octanol–water partition coefficient (Wildman–Crippen LogP) is 3.62. The summed E-state index contributed by atoms with van der Waals surface area (Å²) in [5, 5.41) is 1.33. The summed E-state index contributed by atoms with van der Waals surface area (Å²) in [6, 6.07) is 13.2. The highest BCUT2D eigenvalue weighted by atomic mass is 32.3. The van der Waals surface area contributed by atoms with Crippen LogP contribution in [0.2, 0.25) is 0 Å². The summed E-state index contributed by atoms with van der Waals surface area (Å²) in [6.07, 6.45) is 0. The Balaban J connectivity index is 0.000000282. The van der Waals surface area contributed by atoms with Crippen LogP contribution in [0.25, 0.3) is 21.5 Å². The normalized spacial score (nSPS) is 11.2. The maximum Gasteiger partial charge on any atom is 0.394 e. The highest BCUT2D eigenvalue weighted by molar-refractivity contribution is 7.79. The molecule has 0 aliphatic heterocycles. The molecule has 0 fully saturated rings. The van der Waals surface area contributed by atoms with Gasteiger partial charge in [0, 0.05) is 21.5 Å². The number of benzene rings is 3. The highest BCUT2D eigenvalue weighted by Crippen LogP contribution is 2.30. The van der Waals surface area contributed by atoms with E-state index in [2.05, 4.69) is 0 Å². The van der Waals surface area contributed by atoms with Gasteiger partial charge in [0.25, 0.3) is 0 Å². The van der Waals surface area contributed by atoms with E-state index in [0.29, 0.717) is 21.5 Å². The molecular formula is C14H10F2O4S. The van der Waals surface area contributed by atoms with Gasteiger partial charge in [0.05, 0.1) is 0 Å². The average molecular weight is 312 g/mol. The Labute approximate surface area is 119 Å². The van der Waals surface area contributed by atoms with Crippen molar-refractivity contribution in [3.05, 3.63) is 60.2 Å². The van der Waals surface area contributed by atoms with Crippen LogP contribution in [-0.2, 0) is 10.4 Å². The fourth-order valence-corrected chi connectivity index (χ4v) is 2.02. The number of rotatable bonds is 0. The van der Waals surface area contributed by atoms with Crippen molar-refractivity contribution in [1.82, 2.24) is 0 Å². The third-order valence-electron chi connectivity index (χ3n) is 2.80. The summed E-state index contributed by atoms with van der Waals surface area (Å²) in [4.78, 5) is 0. The zero-order valence-corrected chi connectivity index (χ0v) is 11.3. The lowest BCUT2D eigenvalue weighted by Crippen LogP contribution is -1.89. The van der Waals surface area contributed by atoms with E-state index in [1.165, 1.54) is 0 Å². The lowest BCUT2D eigenvalue weighted by atomic mass is 10.0. The van der Waals surface area contributed by atoms with Gasteiger partial charge in [0.15, 0.2) is 0 Å². The van der Waals surface area contributed by atoms with Crippen LogP contribution in [0, 0.1) is 11.6 Å². The third kappa shape index (κ3) is 3.52. The molecule has 0 heterocycles. The molecule has 0 saturated heterocycles. The summed E-state index contributed by atoms with van der Waals surface area (Å²) in [7, 11) is -4.67. The maximum atomic E-state index is 14.1. The molecule has 0 atom stereocenters. The Kier molecular flexibility index (Phi) is 4.17. The molecule has 0 aromatic heterocycles. The van der Waals surface area contributed by atoms with E-state index in [-0.39, 0.29) is 11.6 Å². The van der Waals surface area contributed by atoms with Crippen molar-refractivity contribution in [1.29, 1.82) is 0 Å². The van der Waals surface area contributed by atoms with Crippen molar-refractivity contribution in [3.63, 3.8) is 0 Å². The predicted molar refractivity (Wildman–Crippen MR) is 75.5 cm³/mol. The first kappa shape index (κ1) is 15.3. The largest absolute Gasteiger partial charge is 0.394 e. The van der Waals surface area contributed by atoms with Gasteiger partial charge in [-0.15, -0.1) is 0 Å². The second-order valence-electron chi connectivity index (χ2n) is 4.17. The SMILES string of the molecule is Fc1c2ccccc2c(F)c2ccccc12.O=S(=O)(O)O. The lowest BCUT2D eigenvalue weighted by molar-refractivity contribution is 0.381. The molecule has 7 heteroatoms. The van der Waals surface area contributed by atoms with Crippen LogP contribution in [0.15, 0.2) is 48.5 Å². The molecule has 0 radical (unpaired) electrons. The van der Waals surface area contributed by atoms with Gasteiger partial charge in [-0.05, 0) is 0 Å². The maximum absolute atomic E-state index is 14.1. The van der Waals surface area contributed by atoms with Crippen LogP contribution in [0.5, 0.6) is 0 Å². The summed E-state index contributed by atoms with van der Waals surface area (Å²) >= 11 is 0. The second kappa shape index (κ2) is 5.72. The van der Waals surface area contributed by atoms with Gasteiger partial charge in [-0.25, -0.2) is 8.78 Å². The Morgan fingerprint density at radius 2 is 0.857 bits per heavy atom. The molecule has 21 heavy (non-hydrogen) atoms. The monoisotopic (exact) mass is 312 g/mol. The van der Waals surface area contributed by atoms with Crippen molar-refractivity contribution in [2.24, 2.45) is 0 Å². The van der Waals surface area contributed by atoms with Crippen molar-refractivity contribution < 1.29 is 26.3 Å². The van der Waals surface area contributed by atoms with Crippen LogP contribution < -0.4 is 0 Å². The minimum atomic E-state index is -4.67. The zero-order valence-electron chi connectivity index (χ0n) is 10.5. The highest BCUT2D eigenvalue weighted by Gasteiger charge is 2.12. The summed E-state index contributed by atoms with van der Waals surface area (Å²) in [5.41, 5.74) is 0. The third-order valence-corrected chi connectivity index (χ3v) is 2.80. The molecule has 0 amide bonds. The summed E-state index contributed by atoms with van der Waals surface area (Å²) < 4.78 is 59.7. The van der Waals surface area contributed by atoms with Gasteiger partial charge in [0.1, 0.15) is 11.6 Å². The first-order chi connectivity index (χ1) is 9.79. The Morgan fingerprint density at radius 1 is 0.667 bits per heavy atom. The molecule has 0 unspecified atom stereocenters. The van der Waals surface area contributed by atoms with Gasteiger partial charge in [-0.2, -0.15) is 8.42 Å². The van der Waals surface area contributed by atoms with Crippen molar-refractivity contribution >= 4 is 31.9 Å². The minimum Gasteiger partial charge on any atom is -0.264 e. The van der Waals surface area contributed by atoms with Gasteiger partial charge in [0.2, 0.25) is 0 Å². The molecule has 110 valence electrons. The van der Waals surface area contributed by atoms with E-state index in [1.54, 1.807) is 48.5 Å². The number of halogens is 2. The van der Waals surface area contributed by atoms with Gasteiger partial charge < -0.3 is 0 Å². The van der Waals surface area contributed by atoms with Crippen LogP contribution in [0.4, 0.5) is 8.78 Å². The molecule has 4 nitrogen and oxygen atoms in total. The average Bonchev–Trinajstić information content (AvgIpc) is 2.43. The van der Waals surface area contributed by atoms with E-state index < -0.39 is 10.4 Å². The van der Waals surface area contributed by atoms with Crippen molar-refractivity contribution in [2.75, 3.05) is 0 Å². The van der Waals surface area contributed by atoms with Gasteiger partial charge in [-0.1, -0.05) is 48.5 Å². The van der Waals surface area contributed by atoms with Crippen LogP contribution in [0.3, 0.4) is 0 Å². The zero-order chi connectivity index (χ0) is 15.6. The Bertz CT molecular complexity index is 782. The molecule has 0 aliphatic rings. The van der Waals surface area contributed by atoms with Crippen molar-refractivity contribution in [3.8, 4) is 0 Å². The second-order valence-corrected chi connectivity index (χ2v) is 5.06. The van der Waals surface area contributed by atoms with E-state index in [9.17, 15) is 8.78 Å². The lowest BCUT2D eigenvalue weighted by Gasteiger charge is -2.06. The molecule has 3 aromatic rings. The van der Waals surface area contributed by atoms with E-state index in [1.807, 2.05) is 0 Å². The first-order valence-electron chi connectivity index (χ1n) is 5.73. The van der Waals surface area contributed by atoms with E-state index >= 15 is 0 Å². The first-order valence-corrected chi connectivity index (χ1v) is 7.13. The Hall–Kier alpha value is -2.09. The molecule has 0 bridgehead atoms. The molecule has 2 N–H and O–H groups in total. The summed E-state index contributed by atoms with van der Waals surface area (Å²) in [6.45, 7) is 0. The minimum absolute atomic E-state index is 0.332. The number of fused-ring (bicyclic) bond motifs is 2. The van der Waals surface area contributed by atoms with E-state index in [4.69, 9.17) is 17.5 Å². The van der Waals surface area contributed by atoms with Crippen molar-refractivity contribution in [2.45, 2.75) is 0 Å². The molecule has 0 saturated carbocycles. The smallest absolute Gasteiger partial charge is 0.264 e. The molecule has 0 aliphatic carbocycles. The van der Waals surface area contributed by atoms with Crippen LogP contribution in [-0.4, -0.2) is 17.5 Å².